The second-order valence-electron chi connectivity index (χ2n) is 2.50. The molecule has 0 aromatic carbocycles. The van der Waals surface area contributed by atoms with Crippen molar-refractivity contribution in [2.75, 3.05) is 5.32 Å². The van der Waals surface area contributed by atoms with E-state index in [9.17, 15) is 0 Å². The summed E-state index contributed by atoms with van der Waals surface area (Å²) in [5.74, 6) is 0.638. The summed E-state index contributed by atoms with van der Waals surface area (Å²) in [5.41, 5.74) is 0.360. The van der Waals surface area contributed by atoms with Crippen LogP contribution >= 0.6 is 11.3 Å². The summed E-state index contributed by atoms with van der Waals surface area (Å²) in [7, 11) is 0. The van der Waals surface area contributed by atoms with Crippen LogP contribution in [-0.2, 0) is 0 Å². The van der Waals surface area contributed by atoms with Crippen molar-refractivity contribution in [3.8, 4) is 6.07 Å². The first-order valence-electron chi connectivity index (χ1n) is 3.91. The van der Waals surface area contributed by atoms with Crippen LogP contribution in [-0.4, -0.2) is 9.97 Å². The molecule has 0 fully saturated rings. The van der Waals surface area contributed by atoms with Gasteiger partial charge < -0.3 is 5.32 Å². The van der Waals surface area contributed by atoms with E-state index in [1.54, 1.807) is 17.4 Å². The molecule has 5 heteroatoms. The van der Waals surface area contributed by atoms with Gasteiger partial charge in [0.25, 0.3) is 0 Å². The van der Waals surface area contributed by atoms with Crippen molar-refractivity contribution in [2.45, 2.75) is 0 Å². The zero-order valence-electron chi connectivity index (χ0n) is 7.14. The third kappa shape index (κ3) is 1.87. The predicted molar refractivity (Wildman–Crippen MR) is 54.3 cm³/mol. The normalized spacial score (nSPS) is 9.36. The number of nitriles is 1. The average Bonchev–Trinajstić information content (AvgIpc) is 2.71. The molecule has 0 bridgehead atoms. The monoisotopic (exact) mass is 202 g/mol. The maximum absolute atomic E-state index is 8.62. The SMILES string of the molecule is N#Cc1cc(Nc2cccs2)ncn1. The van der Waals surface area contributed by atoms with Crippen molar-refractivity contribution < 1.29 is 0 Å². The van der Waals surface area contributed by atoms with Crippen molar-refractivity contribution in [1.82, 2.24) is 9.97 Å². The van der Waals surface area contributed by atoms with E-state index in [2.05, 4.69) is 15.3 Å². The summed E-state index contributed by atoms with van der Waals surface area (Å²) in [6.07, 6.45) is 1.37. The van der Waals surface area contributed by atoms with Crippen molar-refractivity contribution in [2.24, 2.45) is 0 Å². The highest BCUT2D eigenvalue weighted by Gasteiger charge is 1.98. The molecule has 0 saturated carbocycles. The van der Waals surface area contributed by atoms with Crippen molar-refractivity contribution in [3.05, 3.63) is 35.6 Å². The van der Waals surface area contributed by atoms with Gasteiger partial charge in [-0.3, -0.25) is 0 Å². The van der Waals surface area contributed by atoms with E-state index in [1.165, 1.54) is 6.33 Å². The quantitative estimate of drug-likeness (QED) is 0.810. The minimum Gasteiger partial charge on any atom is -0.332 e. The Kier molecular flexibility index (Phi) is 2.38. The zero-order chi connectivity index (χ0) is 9.80. The number of nitrogens with one attached hydrogen (secondary N) is 1. The lowest BCUT2D eigenvalue weighted by Gasteiger charge is -2.00. The molecule has 0 saturated heterocycles. The number of hydrogen-bond donors (Lipinski definition) is 1. The van der Waals surface area contributed by atoms with E-state index in [0.29, 0.717) is 11.5 Å². The van der Waals surface area contributed by atoms with Crippen LogP contribution in [0.5, 0.6) is 0 Å². The molecule has 0 aliphatic rings. The van der Waals surface area contributed by atoms with Crippen LogP contribution in [0.3, 0.4) is 0 Å². The molecule has 0 spiro atoms. The lowest BCUT2D eigenvalue weighted by molar-refractivity contribution is 1.14. The minimum atomic E-state index is 0.360. The van der Waals surface area contributed by atoms with Gasteiger partial charge in [0, 0.05) is 6.07 Å². The van der Waals surface area contributed by atoms with Gasteiger partial charge in [0.15, 0.2) is 0 Å². The van der Waals surface area contributed by atoms with Crippen LogP contribution < -0.4 is 5.32 Å². The number of anilines is 2. The number of rotatable bonds is 2. The summed E-state index contributed by atoms with van der Waals surface area (Å²) in [5, 5.41) is 14.7. The Bertz CT molecular complexity index is 458. The summed E-state index contributed by atoms with van der Waals surface area (Å²) < 4.78 is 0. The van der Waals surface area contributed by atoms with Gasteiger partial charge >= 0.3 is 0 Å². The van der Waals surface area contributed by atoms with Crippen molar-refractivity contribution >= 4 is 22.2 Å². The molecule has 0 atom stereocenters. The molecule has 0 radical (unpaired) electrons. The first-order valence-corrected chi connectivity index (χ1v) is 4.79. The van der Waals surface area contributed by atoms with Gasteiger partial charge in [0.2, 0.25) is 0 Å². The molecule has 68 valence electrons. The topological polar surface area (TPSA) is 61.6 Å². The molecule has 2 heterocycles. The summed E-state index contributed by atoms with van der Waals surface area (Å²) in [4.78, 5) is 7.77. The van der Waals surface area contributed by atoms with E-state index in [0.717, 1.165) is 5.00 Å². The molecule has 0 aliphatic carbocycles. The number of nitrogens with zero attached hydrogens (tertiary/aromatic N) is 3. The molecule has 2 aromatic rings. The Balaban J connectivity index is 2.22. The van der Waals surface area contributed by atoms with Crippen LogP contribution in [0.2, 0.25) is 0 Å². The fraction of sp³-hybridized carbons (Fsp3) is 0. The average molecular weight is 202 g/mol. The first kappa shape index (κ1) is 8.66. The molecular weight excluding hydrogens is 196 g/mol. The van der Waals surface area contributed by atoms with Gasteiger partial charge in [-0.25, -0.2) is 9.97 Å². The van der Waals surface area contributed by atoms with E-state index in [4.69, 9.17) is 5.26 Å². The van der Waals surface area contributed by atoms with Crippen LogP contribution in [0, 0.1) is 11.3 Å². The van der Waals surface area contributed by atoms with E-state index in [1.807, 2.05) is 23.6 Å². The molecule has 1 N–H and O–H groups in total. The fourth-order valence-corrected chi connectivity index (χ4v) is 1.59. The molecule has 2 aromatic heterocycles. The van der Waals surface area contributed by atoms with Gasteiger partial charge in [-0.2, -0.15) is 5.26 Å². The van der Waals surface area contributed by atoms with E-state index < -0.39 is 0 Å². The number of hydrogen-bond acceptors (Lipinski definition) is 5. The molecule has 0 amide bonds. The van der Waals surface area contributed by atoms with Gasteiger partial charge in [0.05, 0.1) is 5.00 Å². The Hall–Kier alpha value is -1.93. The van der Waals surface area contributed by atoms with Crippen LogP contribution in [0.25, 0.3) is 0 Å². The van der Waals surface area contributed by atoms with Crippen molar-refractivity contribution in [3.63, 3.8) is 0 Å². The fourth-order valence-electron chi connectivity index (χ4n) is 0.963. The van der Waals surface area contributed by atoms with E-state index in [-0.39, 0.29) is 0 Å². The van der Waals surface area contributed by atoms with Gasteiger partial charge in [-0.1, -0.05) is 0 Å². The van der Waals surface area contributed by atoms with Crippen LogP contribution in [0.4, 0.5) is 10.8 Å². The third-order valence-corrected chi connectivity index (χ3v) is 2.34. The summed E-state index contributed by atoms with van der Waals surface area (Å²) in [6, 6.07) is 7.46. The van der Waals surface area contributed by atoms with Crippen LogP contribution in [0.1, 0.15) is 5.69 Å². The number of aromatic nitrogens is 2. The predicted octanol–water partition coefficient (Wildman–Crippen LogP) is 2.15. The summed E-state index contributed by atoms with van der Waals surface area (Å²) in [6.45, 7) is 0. The Morgan fingerprint density at radius 3 is 3.07 bits per heavy atom. The van der Waals surface area contributed by atoms with Crippen molar-refractivity contribution in [1.29, 1.82) is 5.26 Å². The van der Waals surface area contributed by atoms with E-state index >= 15 is 0 Å². The molecule has 0 unspecified atom stereocenters. The lowest BCUT2D eigenvalue weighted by atomic mass is 10.4. The highest BCUT2D eigenvalue weighted by Crippen LogP contribution is 2.19. The van der Waals surface area contributed by atoms with Gasteiger partial charge in [0.1, 0.15) is 23.9 Å². The Morgan fingerprint density at radius 1 is 1.43 bits per heavy atom. The van der Waals surface area contributed by atoms with Gasteiger partial charge in [-0.15, -0.1) is 11.3 Å². The molecule has 2 rings (SSSR count). The minimum absolute atomic E-state index is 0.360. The maximum Gasteiger partial charge on any atom is 0.145 e. The third-order valence-electron chi connectivity index (χ3n) is 1.55. The smallest absolute Gasteiger partial charge is 0.145 e. The standard InChI is InChI=1S/C9H6N4S/c10-5-7-4-8(12-6-11-7)13-9-2-1-3-14-9/h1-4,6H,(H,11,12,13). The highest BCUT2D eigenvalue weighted by atomic mass is 32.1. The Labute approximate surface area is 84.9 Å². The van der Waals surface area contributed by atoms with Gasteiger partial charge in [-0.05, 0) is 17.5 Å². The molecule has 4 nitrogen and oxygen atoms in total. The number of thiophene rings is 1. The largest absolute Gasteiger partial charge is 0.332 e. The van der Waals surface area contributed by atoms with Crippen LogP contribution in [0.15, 0.2) is 29.9 Å². The Morgan fingerprint density at radius 2 is 2.36 bits per heavy atom. The lowest BCUT2D eigenvalue weighted by Crippen LogP contribution is -1.93. The first-order chi connectivity index (χ1) is 6.88. The summed E-state index contributed by atoms with van der Waals surface area (Å²) >= 11 is 1.58. The molecule has 0 aliphatic heterocycles. The molecule has 14 heavy (non-hydrogen) atoms. The highest BCUT2D eigenvalue weighted by molar-refractivity contribution is 7.14. The second-order valence-corrected chi connectivity index (χ2v) is 3.45. The zero-order valence-corrected chi connectivity index (χ0v) is 7.95. The second kappa shape index (κ2) is 3.85. The molecular formula is C9H6N4S. The maximum atomic E-state index is 8.62.